The molecule has 132 valence electrons. The van der Waals surface area contributed by atoms with E-state index < -0.39 is 0 Å². The summed E-state index contributed by atoms with van der Waals surface area (Å²) in [6, 6.07) is 22.7. The van der Waals surface area contributed by atoms with Crippen LogP contribution in [0.2, 0.25) is 0 Å². The lowest BCUT2D eigenvalue weighted by atomic mass is 10.2. The Morgan fingerprint density at radius 1 is 0.885 bits per heavy atom. The molecule has 26 heavy (non-hydrogen) atoms. The van der Waals surface area contributed by atoms with Crippen LogP contribution in [0, 0.1) is 0 Å². The molecule has 0 spiro atoms. The van der Waals surface area contributed by atoms with Crippen molar-refractivity contribution in [2.45, 2.75) is 6.42 Å². The highest BCUT2D eigenvalue weighted by atomic mass is 16.5. The molecule has 0 unspecified atom stereocenters. The van der Waals surface area contributed by atoms with E-state index in [0.29, 0.717) is 23.7 Å². The van der Waals surface area contributed by atoms with Crippen LogP contribution in [0.1, 0.15) is 16.8 Å². The number of rotatable bonds is 8. The Morgan fingerprint density at radius 2 is 1.62 bits per heavy atom. The second-order valence-corrected chi connectivity index (χ2v) is 5.67. The van der Waals surface area contributed by atoms with Gasteiger partial charge in [-0.2, -0.15) is 0 Å². The van der Waals surface area contributed by atoms with Crippen LogP contribution in [0.4, 0.5) is 5.69 Å². The number of nitrogens with zero attached hydrogens (tertiary/aromatic N) is 1. The van der Waals surface area contributed by atoms with Gasteiger partial charge < -0.3 is 15.4 Å². The average Bonchev–Trinajstić information content (AvgIpc) is 2.69. The molecule has 2 N–H and O–H groups in total. The van der Waals surface area contributed by atoms with Crippen molar-refractivity contribution in [1.82, 2.24) is 10.3 Å². The first kappa shape index (κ1) is 17.5. The number of pyridine rings is 1. The molecule has 0 saturated heterocycles. The van der Waals surface area contributed by atoms with Gasteiger partial charge in [0.25, 0.3) is 5.91 Å². The number of ether oxygens (including phenoxy) is 1. The van der Waals surface area contributed by atoms with Crippen molar-refractivity contribution in [3.05, 3.63) is 84.6 Å². The molecule has 0 aliphatic carbocycles. The van der Waals surface area contributed by atoms with Gasteiger partial charge in [-0.05, 0) is 42.8 Å². The summed E-state index contributed by atoms with van der Waals surface area (Å²) in [6.07, 6.45) is 2.43. The topological polar surface area (TPSA) is 63.2 Å². The maximum atomic E-state index is 12.4. The minimum Gasteiger partial charge on any atom is -0.438 e. The molecule has 3 aromatic rings. The molecule has 0 aliphatic heterocycles. The number of nitrogens with one attached hydrogen (secondary N) is 2. The summed E-state index contributed by atoms with van der Waals surface area (Å²) >= 11 is 0. The molecule has 2 aromatic carbocycles. The van der Waals surface area contributed by atoms with Gasteiger partial charge in [0, 0.05) is 25.0 Å². The fourth-order valence-corrected chi connectivity index (χ4v) is 2.42. The number of aromatic nitrogens is 1. The summed E-state index contributed by atoms with van der Waals surface area (Å²) in [4.78, 5) is 16.6. The Labute approximate surface area is 153 Å². The largest absolute Gasteiger partial charge is 0.438 e. The van der Waals surface area contributed by atoms with E-state index in [1.54, 1.807) is 18.3 Å². The van der Waals surface area contributed by atoms with Gasteiger partial charge in [0.15, 0.2) is 0 Å². The zero-order valence-corrected chi connectivity index (χ0v) is 14.4. The van der Waals surface area contributed by atoms with Crippen LogP contribution >= 0.6 is 0 Å². The van der Waals surface area contributed by atoms with Crippen molar-refractivity contribution in [2.75, 3.05) is 18.4 Å². The second-order valence-electron chi connectivity index (χ2n) is 5.67. The first-order valence-corrected chi connectivity index (χ1v) is 8.58. The standard InChI is InChI=1S/C21H21N3O2/c25-20(23-16-8-15-22-17-9-3-1-4-10-17)19-13-7-14-24-21(19)26-18-11-5-2-6-12-18/h1-7,9-14,22H,8,15-16H2,(H,23,25). The molecule has 5 nitrogen and oxygen atoms in total. The molecule has 0 fully saturated rings. The van der Waals surface area contributed by atoms with Crippen molar-refractivity contribution in [1.29, 1.82) is 0 Å². The van der Waals surface area contributed by atoms with Gasteiger partial charge in [0.2, 0.25) is 5.88 Å². The number of amides is 1. The summed E-state index contributed by atoms with van der Waals surface area (Å²) in [5.74, 6) is 0.759. The smallest absolute Gasteiger partial charge is 0.256 e. The van der Waals surface area contributed by atoms with Crippen LogP contribution in [0.3, 0.4) is 0 Å². The lowest BCUT2D eigenvalue weighted by Gasteiger charge is -2.11. The predicted octanol–water partition coefficient (Wildman–Crippen LogP) is 4.11. The van der Waals surface area contributed by atoms with Crippen LogP contribution < -0.4 is 15.4 Å². The normalized spacial score (nSPS) is 10.2. The molecule has 0 bridgehead atoms. The monoisotopic (exact) mass is 347 g/mol. The zero-order chi connectivity index (χ0) is 18.0. The molecule has 1 amide bonds. The van der Waals surface area contributed by atoms with Crippen molar-refractivity contribution in [3.63, 3.8) is 0 Å². The van der Waals surface area contributed by atoms with Gasteiger partial charge in [-0.25, -0.2) is 4.98 Å². The van der Waals surface area contributed by atoms with Gasteiger partial charge >= 0.3 is 0 Å². The molecule has 1 heterocycles. The molecule has 1 aromatic heterocycles. The Morgan fingerprint density at radius 3 is 2.38 bits per heavy atom. The first-order chi connectivity index (χ1) is 12.8. The van der Waals surface area contributed by atoms with Crippen LogP contribution in [-0.2, 0) is 0 Å². The molecular formula is C21H21N3O2. The van der Waals surface area contributed by atoms with Gasteiger partial charge in [-0.3, -0.25) is 4.79 Å². The molecule has 0 atom stereocenters. The van der Waals surface area contributed by atoms with E-state index in [-0.39, 0.29) is 5.91 Å². The fourth-order valence-electron chi connectivity index (χ4n) is 2.42. The lowest BCUT2D eigenvalue weighted by molar-refractivity contribution is 0.0950. The maximum Gasteiger partial charge on any atom is 0.256 e. The highest BCUT2D eigenvalue weighted by Crippen LogP contribution is 2.22. The number of hydrogen-bond donors (Lipinski definition) is 2. The van der Waals surface area contributed by atoms with E-state index in [9.17, 15) is 4.79 Å². The number of carbonyl (C=O) groups excluding carboxylic acids is 1. The third-order valence-electron chi connectivity index (χ3n) is 3.72. The zero-order valence-electron chi connectivity index (χ0n) is 14.4. The van der Waals surface area contributed by atoms with E-state index in [1.807, 2.05) is 60.7 Å². The van der Waals surface area contributed by atoms with Gasteiger partial charge in [-0.15, -0.1) is 0 Å². The van der Waals surface area contributed by atoms with E-state index >= 15 is 0 Å². The number of hydrogen-bond acceptors (Lipinski definition) is 4. The minimum atomic E-state index is -0.191. The molecule has 0 radical (unpaired) electrons. The van der Waals surface area contributed by atoms with E-state index in [4.69, 9.17) is 4.74 Å². The van der Waals surface area contributed by atoms with Gasteiger partial charge in [0.05, 0.1) is 0 Å². The summed E-state index contributed by atoms with van der Waals surface area (Å²) in [7, 11) is 0. The van der Waals surface area contributed by atoms with E-state index in [1.165, 1.54) is 0 Å². The summed E-state index contributed by atoms with van der Waals surface area (Å²) < 4.78 is 5.73. The van der Waals surface area contributed by atoms with Crippen LogP contribution in [0.5, 0.6) is 11.6 Å². The number of carbonyl (C=O) groups is 1. The highest BCUT2D eigenvalue weighted by Gasteiger charge is 2.13. The number of para-hydroxylation sites is 2. The Hall–Kier alpha value is -3.34. The summed E-state index contributed by atoms with van der Waals surface area (Å²) in [5.41, 5.74) is 1.50. The van der Waals surface area contributed by atoms with Crippen molar-refractivity contribution < 1.29 is 9.53 Å². The number of benzene rings is 2. The van der Waals surface area contributed by atoms with Crippen molar-refractivity contribution in [3.8, 4) is 11.6 Å². The van der Waals surface area contributed by atoms with Crippen LogP contribution in [-0.4, -0.2) is 24.0 Å². The molecule has 3 rings (SSSR count). The van der Waals surface area contributed by atoms with Crippen LogP contribution in [0.15, 0.2) is 79.0 Å². The molecular weight excluding hydrogens is 326 g/mol. The third-order valence-corrected chi connectivity index (χ3v) is 3.72. The predicted molar refractivity (Wildman–Crippen MR) is 103 cm³/mol. The van der Waals surface area contributed by atoms with Crippen molar-refractivity contribution in [2.24, 2.45) is 0 Å². The second kappa shape index (κ2) is 9.22. The van der Waals surface area contributed by atoms with Gasteiger partial charge in [0.1, 0.15) is 11.3 Å². The third kappa shape index (κ3) is 5.08. The minimum absolute atomic E-state index is 0.191. The number of anilines is 1. The fraction of sp³-hybridized carbons (Fsp3) is 0.143. The van der Waals surface area contributed by atoms with Crippen LogP contribution in [0.25, 0.3) is 0 Å². The Bertz CT molecular complexity index is 823. The highest BCUT2D eigenvalue weighted by molar-refractivity contribution is 5.96. The van der Waals surface area contributed by atoms with Gasteiger partial charge in [-0.1, -0.05) is 36.4 Å². The van der Waals surface area contributed by atoms with E-state index in [0.717, 1.165) is 18.7 Å². The van der Waals surface area contributed by atoms with E-state index in [2.05, 4.69) is 15.6 Å². The lowest BCUT2D eigenvalue weighted by Crippen LogP contribution is -2.26. The Balaban J connectivity index is 1.50. The van der Waals surface area contributed by atoms with Crippen molar-refractivity contribution >= 4 is 11.6 Å². The summed E-state index contributed by atoms with van der Waals surface area (Å²) in [5, 5.41) is 6.23. The average molecular weight is 347 g/mol. The Kier molecular flexibility index (Phi) is 6.20. The molecule has 5 heteroatoms. The summed E-state index contributed by atoms with van der Waals surface area (Å²) in [6.45, 7) is 1.35. The first-order valence-electron chi connectivity index (χ1n) is 8.58. The molecule has 0 saturated carbocycles. The maximum absolute atomic E-state index is 12.4. The quantitative estimate of drug-likeness (QED) is 0.602. The molecule has 0 aliphatic rings. The SMILES string of the molecule is O=C(NCCCNc1ccccc1)c1cccnc1Oc1ccccc1.